The largest absolute Gasteiger partial charge is 0.396 e. The van der Waals surface area contributed by atoms with Gasteiger partial charge in [0, 0.05) is 38.2 Å². The van der Waals surface area contributed by atoms with Crippen LogP contribution in [-0.4, -0.2) is 65.1 Å². The molecule has 1 amide bonds. The predicted molar refractivity (Wildman–Crippen MR) is 92.0 cm³/mol. The van der Waals surface area contributed by atoms with Gasteiger partial charge in [0.25, 0.3) is 0 Å². The van der Waals surface area contributed by atoms with E-state index in [1.807, 2.05) is 56.1 Å². The van der Waals surface area contributed by atoms with E-state index < -0.39 is 0 Å². The van der Waals surface area contributed by atoms with Gasteiger partial charge in [0.15, 0.2) is 0 Å². The molecule has 2 unspecified atom stereocenters. The second-order valence-corrected chi connectivity index (χ2v) is 6.94. The summed E-state index contributed by atoms with van der Waals surface area (Å²) < 4.78 is 0. The molecule has 4 nitrogen and oxygen atoms in total. The molecule has 1 aromatic rings. The van der Waals surface area contributed by atoms with Crippen molar-refractivity contribution in [1.29, 1.82) is 0 Å². The Bertz CT molecular complexity index is 463. The zero-order valence-electron chi connectivity index (χ0n) is 13.4. The second kappa shape index (κ2) is 8.56. The molecule has 1 fully saturated rings. The number of carbonyl (C=O) groups excluding carboxylic acids is 1. The lowest BCUT2D eigenvalue weighted by atomic mass is 10.0. The van der Waals surface area contributed by atoms with Crippen LogP contribution >= 0.6 is 11.8 Å². The third-order valence-corrected chi connectivity index (χ3v) is 5.30. The maximum absolute atomic E-state index is 12.8. The summed E-state index contributed by atoms with van der Waals surface area (Å²) in [6.45, 7) is 4.02. The highest BCUT2D eigenvalue weighted by Crippen LogP contribution is 2.24. The number of aliphatic hydroxyl groups excluding tert-OH is 1. The van der Waals surface area contributed by atoms with Crippen LogP contribution in [0.3, 0.4) is 0 Å². The number of benzene rings is 1. The quantitative estimate of drug-likeness (QED) is 0.870. The zero-order chi connectivity index (χ0) is 15.9. The number of carbonyl (C=O) groups is 1. The molecule has 1 aliphatic heterocycles. The molecule has 0 bridgehead atoms. The summed E-state index contributed by atoms with van der Waals surface area (Å²) >= 11 is 1.95. The summed E-state index contributed by atoms with van der Waals surface area (Å²) in [6.07, 6.45) is 0.564. The van der Waals surface area contributed by atoms with E-state index in [4.69, 9.17) is 0 Å². The van der Waals surface area contributed by atoms with E-state index in [1.54, 1.807) is 4.90 Å². The first-order valence-electron chi connectivity index (χ1n) is 7.89. The molecule has 1 N–H and O–H groups in total. The van der Waals surface area contributed by atoms with Crippen molar-refractivity contribution in [2.45, 2.75) is 25.4 Å². The van der Waals surface area contributed by atoms with Crippen LogP contribution in [0.5, 0.6) is 0 Å². The summed E-state index contributed by atoms with van der Waals surface area (Å²) in [7, 11) is 1.85. The Balaban J connectivity index is 2.08. The van der Waals surface area contributed by atoms with Gasteiger partial charge in [0.1, 0.15) is 0 Å². The molecule has 0 radical (unpaired) electrons. The molecular weight excluding hydrogens is 296 g/mol. The molecule has 1 aliphatic rings. The van der Waals surface area contributed by atoms with Crippen molar-refractivity contribution in [1.82, 2.24) is 9.80 Å². The van der Waals surface area contributed by atoms with Crippen LogP contribution in [0.25, 0.3) is 0 Å². The maximum atomic E-state index is 12.8. The molecule has 0 aromatic heterocycles. The average molecular weight is 322 g/mol. The predicted octanol–water partition coefficient (Wildman–Crippen LogP) is 2.01. The number of thioether (sulfide) groups is 1. The molecular formula is C17H26N2O2S. The average Bonchev–Trinajstić information content (AvgIpc) is 2.59. The van der Waals surface area contributed by atoms with Crippen LogP contribution in [0.15, 0.2) is 30.3 Å². The van der Waals surface area contributed by atoms with Crippen LogP contribution < -0.4 is 0 Å². The Kier molecular flexibility index (Phi) is 6.73. The highest BCUT2D eigenvalue weighted by Gasteiger charge is 2.29. The number of rotatable bonds is 6. The number of hydrogen-bond donors (Lipinski definition) is 1. The Morgan fingerprint density at radius 1 is 1.32 bits per heavy atom. The molecule has 0 aliphatic carbocycles. The standard InChI is InChI=1S/C17H26N2O2S/c1-14(19-9-12-22-13-10-19)17(21)18(2)16(8-11-20)15-6-4-3-5-7-15/h3-7,14,16,20H,8-13H2,1-2H3. The van der Waals surface area contributed by atoms with Crippen LogP contribution in [0.4, 0.5) is 0 Å². The smallest absolute Gasteiger partial charge is 0.239 e. The van der Waals surface area contributed by atoms with Crippen LogP contribution in [0.1, 0.15) is 24.9 Å². The van der Waals surface area contributed by atoms with Crippen molar-refractivity contribution < 1.29 is 9.90 Å². The first kappa shape index (κ1) is 17.3. The normalized spacial score (nSPS) is 18.7. The molecule has 1 aromatic carbocycles. The van der Waals surface area contributed by atoms with Gasteiger partial charge >= 0.3 is 0 Å². The van der Waals surface area contributed by atoms with Gasteiger partial charge in [-0.25, -0.2) is 0 Å². The zero-order valence-corrected chi connectivity index (χ0v) is 14.3. The molecule has 0 saturated carbocycles. The number of aliphatic hydroxyl groups is 1. The Morgan fingerprint density at radius 3 is 2.55 bits per heavy atom. The fraction of sp³-hybridized carbons (Fsp3) is 0.588. The van der Waals surface area contributed by atoms with Crippen molar-refractivity contribution in [3.8, 4) is 0 Å². The third kappa shape index (κ3) is 4.24. The number of likely N-dealkylation sites (N-methyl/N-ethyl adjacent to an activating group) is 1. The van der Waals surface area contributed by atoms with E-state index >= 15 is 0 Å². The van der Waals surface area contributed by atoms with Gasteiger partial charge in [-0.2, -0.15) is 11.8 Å². The minimum Gasteiger partial charge on any atom is -0.396 e. The molecule has 22 heavy (non-hydrogen) atoms. The summed E-state index contributed by atoms with van der Waals surface area (Å²) in [5, 5.41) is 9.36. The molecule has 5 heteroatoms. The SMILES string of the molecule is CC(C(=O)N(C)C(CCO)c1ccccc1)N1CCSCC1. The number of amides is 1. The molecule has 1 saturated heterocycles. The molecule has 0 spiro atoms. The molecule has 1 heterocycles. The first-order valence-corrected chi connectivity index (χ1v) is 9.05. The Labute approximate surface area is 137 Å². The fourth-order valence-electron chi connectivity index (χ4n) is 2.95. The Morgan fingerprint density at radius 2 is 1.95 bits per heavy atom. The van der Waals surface area contributed by atoms with E-state index in [9.17, 15) is 9.90 Å². The van der Waals surface area contributed by atoms with Crippen molar-refractivity contribution in [3.63, 3.8) is 0 Å². The van der Waals surface area contributed by atoms with Crippen molar-refractivity contribution in [2.75, 3.05) is 38.2 Å². The van der Waals surface area contributed by atoms with Gasteiger partial charge in [-0.05, 0) is 18.9 Å². The first-order chi connectivity index (χ1) is 10.6. The minimum absolute atomic E-state index is 0.0692. The lowest BCUT2D eigenvalue weighted by molar-refractivity contribution is -0.137. The van der Waals surface area contributed by atoms with Crippen molar-refractivity contribution in [2.24, 2.45) is 0 Å². The van der Waals surface area contributed by atoms with Gasteiger partial charge < -0.3 is 10.0 Å². The van der Waals surface area contributed by atoms with Crippen molar-refractivity contribution >= 4 is 17.7 Å². The number of nitrogens with zero attached hydrogens (tertiary/aromatic N) is 2. The van der Waals surface area contributed by atoms with Gasteiger partial charge in [-0.1, -0.05) is 30.3 Å². The maximum Gasteiger partial charge on any atom is 0.239 e. The lowest BCUT2D eigenvalue weighted by Crippen LogP contribution is -2.49. The summed E-state index contributed by atoms with van der Waals surface area (Å²) in [4.78, 5) is 16.9. The third-order valence-electron chi connectivity index (χ3n) is 4.35. The van der Waals surface area contributed by atoms with Gasteiger partial charge in [0.05, 0.1) is 12.1 Å². The fourth-order valence-corrected chi connectivity index (χ4v) is 3.88. The topological polar surface area (TPSA) is 43.8 Å². The van der Waals surface area contributed by atoms with Crippen LogP contribution in [-0.2, 0) is 4.79 Å². The molecule has 2 atom stereocenters. The van der Waals surface area contributed by atoms with E-state index in [2.05, 4.69) is 4.90 Å². The summed E-state index contributed by atoms with van der Waals surface area (Å²) in [6, 6.07) is 9.79. The Hall–Kier alpha value is -1.04. The van der Waals surface area contributed by atoms with Crippen LogP contribution in [0.2, 0.25) is 0 Å². The van der Waals surface area contributed by atoms with E-state index in [-0.39, 0.29) is 24.6 Å². The van der Waals surface area contributed by atoms with Gasteiger partial charge in [0.2, 0.25) is 5.91 Å². The summed E-state index contributed by atoms with van der Waals surface area (Å²) in [5.41, 5.74) is 1.08. The highest BCUT2D eigenvalue weighted by molar-refractivity contribution is 7.99. The van der Waals surface area contributed by atoms with E-state index in [0.717, 1.165) is 30.2 Å². The summed E-state index contributed by atoms with van der Waals surface area (Å²) in [5.74, 6) is 2.33. The molecule has 122 valence electrons. The van der Waals surface area contributed by atoms with Gasteiger partial charge in [-0.3, -0.25) is 9.69 Å². The number of hydrogen-bond acceptors (Lipinski definition) is 4. The van der Waals surface area contributed by atoms with Crippen LogP contribution in [0, 0.1) is 0 Å². The minimum atomic E-state index is -0.101. The molecule has 2 rings (SSSR count). The van der Waals surface area contributed by atoms with E-state index in [0.29, 0.717) is 6.42 Å². The second-order valence-electron chi connectivity index (χ2n) is 5.71. The monoisotopic (exact) mass is 322 g/mol. The van der Waals surface area contributed by atoms with Crippen molar-refractivity contribution in [3.05, 3.63) is 35.9 Å². The van der Waals surface area contributed by atoms with Gasteiger partial charge in [-0.15, -0.1) is 0 Å². The lowest BCUT2D eigenvalue weighted by Gasteiger charge is -2.36. The highest BCUT2D eigenvalue weighted by atomic mass is 32.2. The van der Waals surface area contributed by atoms with E-state index in [1.165, 1.54) is 0 Å².